The summed E-state index contributed by atoms with van der Waals surface area (Å²) in [6.07, 6.45) is 4.27. The van der Waals surface area contributed by atoms with Crippen LogP contribution in [-0.2, 0) is 14.3 Å². The normalized spacial score (nSPS) is 20.7. The first kappa shape index (κ1) is 35.3. The zero-order valence-corrected chi connectivity index (χ0v) is 27.6. The van der Waals surface area contributed by atoms with E-state index in [-0.39, 0.29) is 60.0 Å². The van der Waals surface area contributed by atoms with Crippen molar-refractivity contribution in [1.29, 1.82) is 10.5 Å². The summed E-state index contributed by atoms with van der Waals surface area (Å²) >= 11 is 6.95. The summed E-state index contributed by atoms with van der Waals surface area (Å²) in [5.41, 5.74) is 7.82. The van der Waals surface area contributed by atoms with Crippen LogP contribution >= 0.6 is 24.0 Å². The van der Waals surface area contributed by atoms with Gasteiger partial charge in [-0.25, -0.2) is 9.78 Å². The van der Waals surface area contributed by atoms with Gasteiger partial charge < -0.3 is 36.1 Å². The van der Waals surface area contributed by atoms with Crippen molar-refractivity contribution in [2.24, 2.45) is 11.7 Å². The van der Waals surface area contributed by atoms with Crippen molar-refractivity contribution in [3.8, 4) is 12.1 Å². The molecule has 3 aromatic rings. The first-order valence-electron chi connectivity index (χ1n) is 15.2. The predicted octanol–water partition coefficient (Wildman–Crippen LogP) is 3.87. The van der Waals surface area contributed by atoms with Gasteiger partial charge in [0.05, 0.1) is 53.9 Å². The van der Waals surface area contributed by atoms with Crippen LogP contribution in [0.4, 0.5) is 27.9 Å². The molecule has 3 heterocycles. The number of halogens is 2. The number of imidazole rings is 1. The third-order valence-corrected chi connectivity index (χ3v) is 8.67. The number of nitriles is 2. The molecule has 15 nitrogen and oxygen atoms in total. The highest BCUT2D eigenvalue weighted by Gasteiger charge is 2.35. The molecular weight excluding hydrogens is 649 g/mol. The van der Waals surface area contributed by atoms with Crippen molar-refractivity contribution in [2.45, 2.75) is 63.6 Å². The molecule has 1 aromatic carbocycles. The molecule has 5 N–H and O–H groups in total. The number of piperidine rings is 1. The first-order valence-corrected chi connectivity index (χ1v) is 15.6. The van der Waals surface area contributed by atoms with Gasteiger partial charge in [-0.1, -0.05) is 11.6 Å². The molecule has 5 rings (SSSR count). The molecule has 1 saturated carbocycles. The Bertz CT molecular complexity index is 1680. The number of rotatable bonds is 9. The molecule has 0 radical (unpaired) electrons. The van der Waals surface area contributed by atoms with E-state index in [0.29, 0.717) is 47.9 Å². The standard InChI is InChI=1S/C30H36ClN11O4.ClH/c1-3-35-27-28-36-15-20(14-33)42(28)40-29(39-27)37-22-10-18(13-32)11-23(26(22)31)41-9-8-21(38-30(44)45-2)24(16-41)46-25(43)12-17-4-6-19(34)7-5-17;/h10-11,15,17,19,21,24H,3-9,12,16,34H2,1-2H3,(H,38,44)(H2,35,37,39,40);1H/t17?,19?,21?,24-;/m1./s1. The van der Waals surface area contributed by atoms with E-state index in [1.807, 2.05) is 11.8 Å². The monoisotopic (exact) mass is 685 g/mol. The summed E-state index contributed by atoms with van der Waals surface area (Å²) in [5.74, 6) is 0.395. The lowest BCUT2D eigenvalue weighted by molar-refractivity contribution is -0.152. The molecule has 2 atom stereocenters. The van der Waals surface area contributed by atoms with E-state index in [4.69, 9.17) is 26.8 Å². The number of methoxy groups -OCH3 is 1. The number of aromatic nitrogens is 4. The number of carbonyl (C=O) groups is 2. The van der Waals surface area contributed by atoms with E-state index in [0.717, 1.165) is 25.7 Å². The Balaban J connectivity index is 0.00000500. The predicted molar refractivity (Wildman–Crippen MR) is 177 cm³/mol. The zero-order chi connectivity index (χ0) is 32.8. The van der Waals surface area contributed by atoms with Crippen molar-refractivity contribution in [3.63, 3.8) is 0 Å². The fourth-order valence-electron chi connectivity index (χ4n) is 5.89. The summed E-state index contributed by atoms with van der Waals surface area (Å²) in [6.45, 7) is 3.10. The molecule has 0 bridgehead atoms. The molecule has 1 unspecified atom stereocenters. The Morgan fingerprint density at radius 3 is 2.62 bits per heavy atom. The quantitative estimate of drug-likeness (QED) is 0.236. The first-order chi connectivity index (χ1) is 22.2. The smallest absolute Gasteiger partial charge is 0.407 e. The highest BCUT2D eigenvalue weighted by Crippen LogP contribution is 2.38. The number of nitrogens with zero attached hydrogens (tertiary/aromatic N) is 7. The fraction of sp³-hybridized carbons (Fsp3) is 0.500. The van der Waals surface area contributed by atoms with Gasteiger partial charge in [0.15, 0.2) is 17.2 Å². The summed E-state index contributed by atoms with van der Waals surface area (Å²) in [5, 5.41) is 33.1. The average Bonchev–Trinajstić information content (AvgIpc) is 3.47. The fourth-order valence-corrected chi connectivity index (χ4v) is 6.16. The number of amides is 1. The van der Waals surface area contributed by atoms with Gasteiger partial charge in [-0.2, -0.15) is 20.0 Å². The number of benzene rings is 1. The van der Waals surface area contributed by atoms with Crippen LogP contribution in [0.15, 0.2) is 18.3 Å². The number of anilines is 4. The maximum atomic E-state index is 13.1. The molecule has 0 spiro atoms. The van der Waals surface area contributed by atoms with Gasteiger partial charge in [0.1, 0.15) is 12.2 Å². The summed E-state index contributed by atoms with van der Waals surface area (Å²) in [6, 6.07) is 7.14. The molecule has 1 amide bonds. The van der Waals surface area contributed by atoms with Gasteiger partial charge >= 0.3 is 12.1 Å². The van der Waals surface area contributed by atoms with E-state index in [2.05, 4.69) is 43.2 Å². The Morgan fingerprint density at radius 1 is 1.17 bits per heavy atom. The van der Waals surface area contributed by atoms with Gasteiger partial charge in [0.2, 0.25) is 5.95 Å². The second kappa shape index (κ2) is 15.8. The van der Waals surface area contributed by atoms with Gasteiger partial charge in [0, 0.05) is 25.6 Å². The molecule has 17 heteroatoms. The van der Waals surface area contributed by atoms with Crippen molar-refractivity contribution >= 4 is 64.9 Å². The lowest BCUT2D eigenvalue weighted by atomic mass is 9.84. The minimum atomic E-state index is -0.705. The largest absolute Gasteiger partial charge is 0.458 e. The third kappa shape index (κ3) is 8.24. The minimum absolute atomic E-state index is 0. The Hall–Kier alpha value is -4.57. The molecule has 2 fully saturated rings. The Labute approximate surface area is 283 Å². The number of alkyl carbamates (subject to hydrolysis) is 1. The molecule has 47 heavy (non-hydrogen) atoms. The number of carbonyl (C=O) groups excluding carboxylic acids is 2. The average molecular weight is 687 g/mol. The van der Waals surface area contributed by atoms with Gasteiger partial charge in [-0.3, -0.25) is 4.79 Å². The van der Waals surface area contributed by atoms with E-state index in [1.165, 1.54) is 17.8 Å². The van der Waals surface area contributed by atoms with Crippen molar-refractivity contribution in [2.75, 3.05) is 42.3 Å². The van der Waals surface area contributed by atoms with Crippen LogP contribution in [0.5, 0.6) is 0 Å². The minimum Gasteiger partial charge on any atom is -0.458 e. The summed E-state index contributed by atoms with van der Waals surface area (Å²) in [7, 11) is 1.28. The number of esters is 1. The molecule has 1 saturated heterocycles. The third-order valence-electron chi connectivity index (χ3n) is 8.27. The molecule has 2 aliphatic rings. The second-order valence-electron chi connectivity index (χ2n) is 11.4. The number of fused-ring (bicyclic) bond motifs is 1. The van der Waals surface area contributed by atoms with Crippen LogP contribution in [0.2, 0.25) is 5.02 Å². The highest BCUT2D eigenvalue weighted by molar-refractivity contribution is 6.36. The van der Waals surface area contributed by atoms with Crippen molar-refractivity contribution in [1.82, 2.24) is 24.9 Å². The van der Waals surface area contributed by atoms with Crippen LogP contribution in [0, 0.1) is 28.6 Å². The summed E-state index contributed by atoms with van der Waals surface area (Å²) < 4.78 is 12.2. The van der Waals surface area contributed by atoms with Crippen LogP contribution in [0.25, 0.3) is 5.65 Å². The van der Waals surface area contributed by atoms with E-state index in [9.17, 15) is 20.1 Å². The SMILES string of the molecule is CCNc1nc(Nc2cc(C#N)cc(N3CCC(NC(=O)OC)[C@H](OC(=O)CC4CCC(N)CC4)C3)c2Cl)nn2c(C#N)cnc12.Cl. The van der Waals surface area contributed by atoms with Crippen LogP contribution < -0.4 is 26.6 Å². The van der Waals surface area contributed by atoms with Crippen LogP contribution in [-0.4, -0.2) is 76.6 Å². The number of hydrogen-bond acceptors (Lipinski definition) is 13. The molecule has 250 valence electrons. The second-order valence-corrected chi connectivity index (χ2v) is 11.8. The molecule has 2 aromatic heterocycles. The number of ether oxygens (including phenoxy) is 2. The van der Waals surface area contributed by atoms with Crippen LogP contribution in [0.1, 0.15) is 56.7 Å². The zero-order valence-electron chi connectivity index (χ0n) is 26.0. The molecule has 1 aliphatic heterocycles. The number of nitrogens with two attached hydrogens (primary N) is 1. The molecule has 1 aliphatic carbocycles. The van der Waals surface area contributed by atoms with E-state index in [1.54, 1.807) is 12.1 Å². The van der Waals surface area contributed by atoms with Gasteiger partial charge in [-0.05, 0) is 57.1 Å². The number of nitrogens with one attached hydrogen (secondary N) is 3. The maximum Gasteiger partial charge on any atom is 0.407 e. The Kier molecular flexibility index (Phi) is 11.9. The van der Waals surface area contributed by atoms with E-state index < -0.39 is 18.2 Å². The van der Waals surface area contributed by atoms with Gasteiger partial charge in [0.25, 0.3) is 0 Å². The van der Waals surface area contributed by atoms with Crippen molar-refractivity contribution < 1.29 is 19.1 Å². The lowest BCUT2D eigenvalue weighted by Crippen LogP contribution is -2.56. The molecular formula is C30H37Cl2N11O4. The maximum absolute atomic E-state index is 13.1. The van der Waals surface area contributed by atoms with Gasteiger partial charge in [-0.15, -0.1) is 17.5 Å². The van der Waals surface area contributed by atoms with Crippen LogP contribution in [0.3, 0.4) is 0 Å². The van der Waals surface area contributed by atoms with Crippen molar-refractivity contribution in [3.05, 3.63) is 34.6 Å². The Morgan fingerprint density at radius 2 is 1.94 bits per heavy atom. The topological polar surface area (TPSA) is 209 Å². The lowest BCUT2D eigenvalue weighted by Gasteiger charge is -2.40. The summed E-state index contributed by atoms with van der Waals surface area (Å²) in [4.78, 5) is 35.9. The van der Waals surface area contributed by atoms with E-state index >= 15 is 0 Å². The number of hydrogen-bond donors (Lipinski definition) is 4. The highest BCUT2D eigenvalue weighted by atomic mass is 35.5.